The summed E-state index contributed by atoms with van der Waals surface area (Å²) in [5, 5.41) is 6.36. The number of amides is 1. The van der Waals surface area contributed by atoms with Gasteiger partial charge < -0.3 is 14.8 Å². The first-order valence-electron chi connectivity index (χ1n) is 10.0. The topological polar surface area (TPSA) is 89.0 Å². The van der Waals surface area contributed by atoms with Gasteiger partial charge in [-0.1, -0.05) is 18.2 Å². The van der Waals surface area contributed by atoms with E-state index < -0.39 is 29.4 Å². The second kappa shape index (κ2) is 11.1. The van der Waals surface area contributed by atoms with E-state index in [9.17, 15) is 27.2 Å². The fraction of sp³-hybridized carbons (Fsp3) is 0.125. The third kappa shape index (κ3) is 7.03. The minimum atomic E-state index is -4.49. The van der Waals surface area contributed by atoms with Gasteiger partial charge in [0.25, 0.3) is 5.91 Å². The number of carbonyl (C=O) groups is 2. The third-order valence-corrected chi connectivity index (χ3v) is 4.53. The van der Waals surface area contributed by atoms with Crippen LogP contribution >= 0.6 is 0 Å². The number of benzene rings is 3. The predicted octanol–water partition coefficient (Wildman–Crippen LogP) is 4.63. The summed E-state index contributed by atoms with van der Waals surface area (Å²) in [4.78, 5) is 24.1. The second-order valence-corrected chi connectivity index (χ2v) is 7.00. The summed E-state index contributed by atoms with van der Waals surface area (Å²) in [5.74, 6) is -2.01. The van der Waals surface area contributed by atoms with Crippen molar-refractivity contribution in [1.29, 1.82) is 0 Å². The Hall–Kier alpha value is -4.41. The number of methoxy groups -OCH3 is 1. The van der Waals surface area contributed by atoms with Gasteiger partial charge in [-0.15, -0.1) is 0 Å². The second-order valence-electron chi connectivity index (χ2n) is 7.00. The first-order chi connectivity index (χ1) is 16.7. The van der Waals surface area contributed by atoms with Gasteiger partial charge in [0.2, 0.25) is 0 Å². The zero-order valence-corrected chi connectivity index (χ0v) is 18.2. The highest BCUT2D eigenvalue weighted by Gasteiger charge is 2.30. The first kappa shape index (κ1) is 25.2. The highest BCUT2D eigenvalue weighted by atomic mass is 19.4. The van der Waals surface area contributed by atoms with E-state index in [1.807, 2.05) is 0 Å². The Bertz CT molecular complexity index is 1250. The quantitative estimate of drug-likeness (QED) is 0.158. The van der Waals surface area contributed by atoms with E-state index in [-0.39, 0.29) is 29.3 Å². The molecule has 0 saturated carbocycles. The number of esters is 1. The van der Waals surface area contributed by atoms with Crippen LogP contribution in [0.1, 0.15) is 21.5 Å². The molecule has 0 aliphatic rings. The normalized spacial score (nSPS) is 11.2. The van der Waals surface area contributed by atoms with Crippen molar-refractivity contribution < 1.29 is 36.6 Å². The summed E-state index contributed by atoms with van der Waals surface area (Å²) in [5.41, 5.74) is 1.77. The minimum absolute atomic E-state index is 0.0484. The highest BCUT2D eigenvalue weighted by molar-refractivity contribution is 5.92. The van der Waals surface area contributed by atoms with Gasteiger partial charge in [-0.2, -0.15) is 18.3 Å². The lowest BCUT2D eigenvalue weighted by molar-refractivity contribution is -0.137. The van der Waals surface area contributed by atoms with E-state index in [0.717, 1.165) is 18.2 Å². The molecule has 182 valence electrons. The third-order valence-electron chi connectivity index (χ3n) is 4.53. The van der Waals surface area contributed by atoms with Crippen molar-refractivity contribution in [3.05, 3.63) is 89.2 Å². The van der Waals surface area contributed by atoms with Gasteiger partial charge in [-0.3, -0.25) is 4.79 Å². The monoisotopic (exact) mass is 489 g/mol. The molecule has 0 heterocycles. The molecule has 0 aliphatic heterocycles. The van der Waals surface area contributed by atoms with E-state index in [1.165, 1.54) is 61.9 Å². The number of carbonyl (C=O) groups excluding carboxylic acids is 2. The van der Waals surface area contributed by atoms with Crippen LogP contribution in [-0.2, 0) is 11.0 Å². The van der Waals surface area contributed by atoms with E-state index >= 15 is 0 Å². The van der Waals surface area contributed by atoms with Crippen LogP contribution in [0.25, 0.3) is 0 Å². The van der Waals surface area contributed by atoms with Crippen LogP contribution in [0.2, 0.25) is 0 Å². The molecule has 11 heteroatoms. The maximum absolute atomic E-state index is 13.8. The van der Waals surface area contributed by atoms with Gasteiger partial charge in [0.05, 0.1) is 31.0 Å². The summed E-state index contributed by atoms with van der Waals surface area (Å²) in [6.07, 6.45) is -3.20. The number of alkyl halides is 3. The van der Waals surface area contributed by atoms with Crippen LogP contribution in [0.5, 0.6) is 11.5 Å². The number of hydrazone groups is 1. The number of nitrogens with zero attached hydrogens (tertiary/aromatic N) is 1. The molecule has 0 aromatic heterocycles. The Balaban J connectivity index is 1.57. The Morgan fingerprint density at radius 1 is 1.00 bits per heavy atom. The largest absolute Gasteiger partial charge is 0.493 e. The van der Waals surface area contributed by atoms with Gasteiger partial charge in [-0.05, 0) is 54.1 Å². The standard InChI is InChI=1S/C24H19F4N3O4/c1-34-21-11-15(9-10-20(21)35-23(33)18-7-2-3-8-19(18)25)13-30-31-22(32)14-29-17-6-4-5-16(12-17)24(26,27)28/h2-13,29H,14H2,1H3,(H,31,32)/b30-13-. The number of nitrogens with one attached hydrogen (secondary N) is 2. The van der Waals surface area contributed by atoms with Crippen molar-refractivity contribution in [2.24, 2.45) is 5.10 Å². The molecule has 0 radical (unpaired) electrons. The number of ether oxygens (including phenoxy) is 2. The molecule has 7 nitrogen and oxygen atoms in total. The maximum Gasteiger partial charge on any atom is 0.416 e. The van der Waals surface area contributed by atoms with Crippen molar-refractivity contribution in [3.63, 3.8) is 0 Å². The first-order valence-corrected chi connectivity index (χ1v) is 10.0. The Morgan fingerprint density at radius 3 is 2.49 bits per heavy atom. The van der Waals surface area contributed by atoms with Crippen molar-refractivity contribution in [3.8, 4) is 11.5 Å². The van der Waals surface area contributed by atoms with E-state index in [4.69, 9.17) is 9.47 Å². The molecular formula is C24H19F4N3O4. The fourth-order valence-corrected chi connectivity index (χ4v) is 2.84. The lowest BCUT2D eigenvalue weighted by atomic mass is 10.2. The Morgan fingerprint density at radius 2 is 1.77 bits per heavy atom. The minimum Gasteiger partial charge on any atom is -0.493 e. The average molecular weight is 489 g/mol. The Kier molecular flexibility index (Phi) is 8.03. The molecule has 35 heavy (non-hydrogen) atoms. The summed E-state index contributed by atoms with van der Waals surface area (Å²) >= 11 is 0. The average Bonchev–Trinajstić information content (AvgIpc) is 2.83. The fourth-order valence-electron chi connectivity index (χ4n) is 2.84. The maximum atomic E-state index is 13.8. The predicted molar refractivity (Wildman–Crippen MR) is 120 cm³/mol. The number of rotatable bonds is 8. The van der Waals surface area contributed by atoms with Crippen LogP contribution in [-0.4, -0.2) is 31.7 Å². The van der Waals surface area contributed by atoms with Crippen LogP contribution in [0.4, 0.5) is 23.2 Å². The van der Waals surface area contributed by atoms with Gasteiger partial charge in [0.1, 0.15) is 5.82 Å². The summed E-state index contributed by atoms with van der Waals surface area (Å²) in [6, 6.07) is 14.2. The molecule has 0 fully saturated rings. The smallest absolute Gasteiger partial charge is 0.416 e. The molecule has 3 aromatic carbocycles. The molecule has 1 amide bonds. The van der Waals surface area contributed by atoms with Crippen molar-refractivity contribution in [1.82, 2.24) is 5.43 Å². The lowest BCUT2D eigenvalue weighted by Gasteiger charge is -2.10. The highest BCUT2D eigenvalue weighted by Crippen LogP contribution is 2.31. The Labute approximate surface area is 197 Å². The molecule has 0 spiro atoms. The van der Waals surface area contributed by atoms with Gasteiger partial charge >= 0.3 is 12.1 Å². The van der Waals surface area contributed by atoms with Gasteiger partial charge in [0.15, 0.2) is 11.5 Å². The SMILES string of the molecule is COc1cc(/C=N\NC(=O)CNc2cccc(C(F)(F)F)c2)ccc1OC(=O)c1ccccc1F. The molecule has 0 unspecified atom stereocenters. The number of halogens is 4. The van der Waals surface area contributed by atoms with E-state index in [0.29, 0.717) is 5.56 Å². The van der Waals surface area contributed by atoms with Crippen LogP contribution in [0, 0.1) is 5.82 Å². The molecule has 0 atom stereocenters. The molecule has 3 aromatic rings. The summed E-state index contributed by atoms with van der Waals surface area (Å²) < 4.78 is 62.4. The molecule has 0 saturated heterocycles. The van der Waals surface area contributed by atoms with Gasteiger partial charge in [-0.25, -0.2) is 14.6 Å². The van der Waals surface area contributed by atoms with Crippen molar-refractivity contribution in [2.75, 3.05) is 19.0 Å². The zero-order chi connectivity index (χ0) is 25.4. The molecule has 2 N–H and O–H groups in total. The molecule has 0 bridgehead atoms. The summed E-state index contributed by atoms with van der Waals surface area (Å²) in [6.45, 7) is -0.313. The number of hydrogen-bond donors (Lipinski definition) is 2. The number of anilines is 1. The number of hydrogen-bond acceptors (Lipinski definition) is 6. The van der Waals surface area contributed by atoms with E-state index in [2.05, 4.69) is 15.8 Å². The van der Waals surface area contributed by atoms with Crippen LogP contribution in [0.15, 0.2) is 71.8 Å². The summed E-state index contributed by atoms with van der Waals surface area (Å²) in [7, 11) is 1.35. The van der Waals surface area contributed by atoms with Crippen molar-refractivity contribution >= 4 is 23.8 Å². The van der Waals surface area contributed by atoms with Gasteiger partial charge in [0, 0.05) is 5.69 Å². The van der Waals surface area contributed by atoms with Crippen molar-refractivity contribution in [2.45, 2.75) is 6.18 Å². The lowest BCUT2D eigenvalue weighted by Crippen LogP contribution is -2.26. The van der Waals surface area contributed by atoms with Crippen LogP contribution in [0.3, 0.4) is 0 Å². The van der Waals surface area contributed by atoms with E-state index in [1.54, 1.807) is 0 Å². The molecule has 0 aliphatic carbocycles. The molecule has 3 rings (SSSR count). The van der Waals surface area contributed by atoms with Crippen LogP contribution < -0.4 is 20.2 Å². The zero-order valence-electron chi connectivity index (χ0n) is 18.2. The molecular weight excluding hydrogens is 470 g/mol.